The second-order valence-corrected chi connectivity index (χ2v) is 4.45. The molecule has 0 saturated carbocycles. The standard InChI is InChI=1S/C15H27N3/c1-5-11-16-15-10-9-14(6-2)18(15)13-12-17(7-3)8-4/h6,9-10,16H,2,5,7-8,11-13H2,1,3-4H3. The van der Waals surface area contributed by atoms with Crippen LogP contribution in [0.2, 0.25) is 0 Å². The number of rotatable bonds is 9. The molecule has 0 atom stereocenters. The molecule has 1 rings (SSSR count). The van der Waals surface area contributed by atoms with Gasteiger partial charge in [-0.1, -0.05) is 27.4 Å². The van der Waals surface area contributed by atoms with Crippen molar-refractivity contribution in [3.8, 4) is 0 Å². The summed E-state index contributed by atoms with van der Waals surface area (Å²) >= 11 is 0. The zero-order chi connectivity index (χ0) is 13.4. The molecular weight excluding hydrogens is 222 g/mol. The fraction of sp³-hybridized carbons (Fsp3) is 0.600. The van der Waals surface area contributed by atoms with Crippen LogP contribution in [-0.2, 0) is 6.54 Å². The van der Waals surface area contributed by atoms with Crippen molar-refractivity contribution in [3.63, 3.8) is 0 Å². The van der Waals surface area contributed by atoms with Gasteiger partial charge in [0, 0.05) is 25.3 Å². The summed E-state index contributed by atoms with van der Waals surface area (Å²) in [7, 11) is 0. The Morgan fingerprint density at radius 2 is 2.00 bits per heavy atom. The lowest BCUT2D eigenvalue weighted by atomic mass is 10.4. The second kappa shape index (κ2) is 7.98. The molecule has 102 valence electrons. The first-order valence-corrected chi connectivity index (χ1v) is 7.04. The lowest BCUT2D eigenvalue weighted by molar-refractivity contribution is 0.291. The largest absolute Gasteiger partial charge is 0.371 e. The van der Waals surface area contributed by atoms with Gasteiger partial charge in [0.05, 0.1) is 0 Å². The van der Waals surface area contributed by atoms with Gasteiger partial charge in [0.15, 0.2) is 0 Å². The molecule has 0 amide bonds. The maximum atomic E-state index is 3.89. The van der Waals surface area contributed by atoms with E-state index in [0.717, 1.165) is 39.1 Å². The van der Waals surface area contributed by atoms with Crippen molar-refractivity contribution in [1.82, 2.24) is 9.47 Å². The minimum atomic E-state index is 1.02. The molecule has 1 aromatic rings. The molecule has 0 bridgehead atoms. The summed E-state index contributed by atoms with van der Waals surface area (Å²) in [6.45, 7) is 15.8. The molecule has 1 N–H and O–H groups in total. The van der Waals surface area contributed by atoms with E-state index in [1.165, 1.54) is 11.5 Å². The van der Waals surface area contributed by atoms with E-state index in [4.69, 9.17) is 0 Å². The topological polar surface area (TPSA) is 20.2 Å². The van der Waals surface area contributed by atoms with Gasteiger partial charge in [-0.3, -0.25) is 0 Å². The lowest BCUT2D eigenvalue weighted by Crippen LogP contribution is -2.27. The highest BCUT2D eigenvalue weighted by Gasteiger charge is 2.07. The molecule has 0 aliphatic carbocycles. The third-order valence-corrected chi connectivity index (χ3v) is 3.31. The molecule has 0 fully saturated rings. The van der Waals surface area contributed by atoms with Crippen molar-refractivity contribution >= 4 is 11.9 Å². The van der Waals surface area contributed by atoms with Gasteiger partial charge in [-0.15, -0.1) is 0 Å². The van der Waals surface area contributed by atoms with E-state index >= 15 is 0 Å². The van der Waals surface area contributed by atoms with E-state index in [9.17, 15) is 0 Å². The van der Waals surface area contributed by atoms with Crippen LogP contribution in [0.4, 0.5) is 5.82 Å². The maximum absolute atomic E-state index is 3.89. The molecule has 18 heavy (non-hydrogen) atoms. The van der Waals surface area contributed by atoms with Crippen molar-refractivity contribution in [3.05, 3.63) is 24.4 Å². The van der Waals surface area contributed by atoms with E-state index in [1.807, 2.05) is 6.08 Å². The molecular formula is C15H27N3. The Morgan fingerprint density at radius 3 is 2.56 bits per heavy atom. The number of anilines is 1. The molecule has 0 radical (unpaired) electrons. The van der Waals surface area contributed by atoms with Gasteiger partial charge < -0.3 is 14.8 Å². The molecule has 0 spiro atoms. The summed E-state index contributed by atoms with van der Waals surface area (Å²) in [5.41, 5.74) is 1.20. The highest BCUT2D eigenvalue weighted by Crippen LogP contribution is 2.16. The Labute approximate surface area is 111 Å². The van der Waals surface area contributed by atoms with Gasteiger partial charge in [0.1, 0.15) is 5.82 Å². The van der Waals surface area contributed by atoms with Crippen LogP contribution in [0, 0.1) is 0 Å². The number of likely N-dealkylation sites (N-methyl/N-ethyl adjacent to an activating group) is 1. The average Bonchev–Trinajstić information content (AvgIpc) is 2.79. The quantitative estimate of drug-likeness (QED) is 0.724. The van der Waals surface area contributed by atoms with Crippen molar-refractivity contribution in [2.75, 3.05) is 31.5 Å². The van der Waals surface area contributed by atoms with E-state index in [2.05, 4.69) is 54.3 Å². The Bertz CT molecular complexity index is 351. The van der Waals surface area contributed by atoms with Crippen molar-refractivity contribution in [1.29, 1.82) is 0 Å². The maximum Gasteiger partial charge on any atom is 0.106 e. The monoisotopic (exact) mass is 249 g/mol. The van der Waals surface area contributed by atoms with E-state index in [0.29, 0.717) is 0 Å². The average molecular weight is 249 g/mol. The predicted octanol–water partition coefficient (Wildman–Crippen LogP) is 3.29. The summed E-state index contributed by atoms with van der Waals surface area (Å²) in [6.07, 6.45) is 3.07. The minimum absolute atomic E-state index is 1.02. The number of hydrogen-bond donors (Lipinski definition) is 1. The molecule has 0 aliphatic rings. The predicted molar refractivity (Wildman–Crippen MR) is 81.1 cm³/mol. The second-order valence-electron chi connectivity index (χ2n) is 4.45. The van der Waals surface area contributed by atoms with Crippen LogP contribution in [0.3, 0.4) is 0 Å². The van der Waals surface area contributed by atoms with E-state index in [-0.39, 0.29) is 0 Å². The Morgan fingerprint density at radius 1 is 1.28 bits per heavy atom. The number of nitrogens with one attached hydrogen (secondary N) is 1. The fourth-order valence-corrected chi connectivity index (χ4v) is 2.10. The molecule has 1 heterocycles. The van der Waals surface area contributed by atoms with Gasteiger partial charge in [-0.2, -0.15) is 0 Å². The normalized spacial score (nSPS) is 10.9. The van der Waals surface area contributed by atoms with Gasteiger partial charge in [0.25, 0.3) is 0 Å². The smallest absolute Gasteiger partial charge is 0.106 e. The Hall–Kier alpha value is -1.22. The summed E-state index contributed by atoms with van der Waals surface area (Å²) in [4.78, 5) is 2.44. The molecule has 1 aromatic heterocycles. The van der Waals surface area contributed by atoms with Crippen LogP contribution in [-0.4, -0.2) is 35.6 Å². The number of aromatic nitrogens is 1. The Kier molecular flexibility index (Phi) is 6.58. The zero-order valence-corrected chi connectivity index (χ0v) is 12.1. The third-order valence-electron chi connectivity index (χ3n) is 3.31. The first kappa shape index (κ1) is 14.8. The summed E-state index contributed by atoms with van der Waals surface area (Å²) in [5, 5.41) is 3.47. The van der Waals surface area contributed by atoms with Crippen LogP contribution in [0.15, 0.2) is 18.7 Å². The van der Waals surface area contributed by atoms with Crippen LogP contribution >= 0.6 is 0 Å². The zero-order valence-electron chi connectivity index (χ0n) is 12.1. The van der Waals surface area contributed by atoms with Crippen LogP contribution in [0.1, 0.15) is 32.9 Å². The number of hydrogen-bond acceptors (Lipinski definition) is 2. The minimum Gasteiger partial charge on any atom is -0.371 e. The first-order valence-electron chi connectivity index (χ1n) is 7.04. The van der Waals surface area contributed by atoms with Gasteiger partial charge in [0.2, 0.25) is 0 Å². The summed E-state index contributed by atoms with van der Waals surface area (Å²) in [6, 6.07) is 4.28. The molecule has 0 saturated heterocycles. The summed E-state index contributed by atoms with van der Waals surface area (Å²) in [5.74, 6) is 1.21. The van der Waals surface area contributed by atoms with Crippen molar-refractivity contribution in [2.45, 2.75) is 33.7 Å². The van der Waals surface area contributed by atoms with Crippen LogP contribution in [0.25, 0.3) is 6.08 Å². The SMILES string of the molecule is C=Cc1ccc(NCCC)n1CCN(CC)CC. The van der Waals surface area contributed by atoms with Gasteiger partial charge in [-0.05, 0) is 37.7 Å². The number of nitrogens with zero attached hydrogens (tertiary/aromatic N) is 2. The highest BCUT2D eigenvalue weighted by molar-refractivity contribution is 5.51. The molecule has 0 aliphatic heterocycles. The molecule has 3 heteroatoms. The Balaban J connectivity index is 2.71. The van der Waals surface area contributed by atoms with Crippen LogP contribution in [0.5, 0.6) is 0 Å². The molecule has 0 aromatic carbocycles. The van der Waals surface area contributed by atoms with Crippen LogP contribution < -0.4 is 5.32 Å². The third kappa shape index (κ3) is 3.91. The van der Waals surface area contributed by atoms with E-state index in [1.54, 1.807) is 0 Å². The van der Waals surface area contributed by atoms with Crippen molar-refractivity contribution in [2.24, 2.45) is 0 Å². The molecule has 3 nitrogen and oxygen atoms in total. The van der Waals surface area contributed by atoms with E-state index < -0.39 is 0 Å². The van der Waals surface area contributed by atoms with Gasteiger partial charge in [-0.25, -0.2) is 0 Å². The van der Waals surface area contributed by atoms with Crippen molar-refractivity contribution < 1.29 is 0 Å². The molecule has 0 unspecified atom stereocenters. The highest BCUT2D eigenvalue weighted by atomic mass is 15.2. The lowest BCUT2D eigenvalue weighted by Gasteiger charge is -2.20. The summed E-state index contributed by atoms with van der Waals surface area (Å²) < 4.78 is 2.32. The first-order chi connectivity index (χ1) is 8.76. The fourth-order valence-electron chi connectivity index (χ4n) is 2.10. The van der Waals surface area contributed by atoms with Gasteiger partial charge >= 0.3 is 0 Å².